The molecular formula is C24H23BrO3. The lowest BCUT2D eigenvalue weighted by molar-refractivity contribution is -0.131. The minimum absolute atomic E-state index is 0.695. The number of carboxylic acids is 1. The Morgan fingerprint density at radius 1 is 1.07 bits per heavy atom. The molecular weight excluding hydrogens is 416 g/mol. The minimum Gasteiger partial charge on any atom is -0.493 e. The Hall–Kier alpha value is -2.59. The van der Waals surface area contributed by atoms with Gasteiger partial charge in [-0.25, -0.2) is 4.79 Å². The van der Waals surface area contributed by atoms with Crippen LogP contribution in [0.5, 0.6) is 5.75 Å². The molecule has 0 spiro atoms. The summed E-state index contributed by atoms with van der Waals surface area (Å²) in [6.45, 7) is 2.87. The van der Waals surface area contributed by atoms with Gasteiger partial charge in [-0.05, 0) is 51.7 Å². The first-order valence-corrected chi connectivity index (χ1v) is 10.2. The lowest BCUT2D eigenvalue weighted by Crippen LogP contribution is -1.98. The number of ether oxygens (including phenoxy) is 1. The predicted molar refractivity (Wildman–Crippen MR) is 119 cm³/mol. The zero-order valence-corrected chi connectivity index (χ0v) is 17.4. The third-order valence-corrected chi connectivity index (χ3v) is 5.42. The molecule has 0 aromatic heterocycles. The second-order valence-electron chi connectivity index (χ2n) is 6.63. The molecule has 0 unspecified atom stereocenters. The molecule has 0 bridgehead atoms. The van der Waals surface area contributed by atoms with Crippen molar-refractivity contribution in [3.63, 3.8) is 0 Å². The third kappa shape index (κ3) is 4.82. The van der Waals surface area contributed by atoms with Crippen LogP contribution in [0, 0.1) is 0 Å². The standard InChI is InChI=1S/C24H23BrO3/c1-2-3-6-14-28-22-16-21(24(25)20-11-5-4-10-19(20)22)18-9-7-8-17(15-18)12-13-23(26)27/h4-5,7-13,15-16H,2-3,6,14H2,1H3,(H,26,27). The number of carbonyl (C=O) groups is 1. The fourth-order valence-corrected chi connectivity index (χ4v) is 3.84. The van der Waals surface area contributed by atoms with Gasteiger partial charge in [0, 0.05) is 26.9 Å². The monoisotopic (exact) mass is 438 g/mol. The van der Waals surface area contributed by atoms with Gasteiger partial charge in [-0.15, -0.1) is 0 Å². The van der Waals surface area contributed by atoms with E-state index in [1.165, 1.54) is 0 Å². The predicted octanol–water partition coefficient (Wildman–Crippen LogP) is 6.94. The Morgan fingerprint density at radius 2 is 1.86 bits per heavy atom. The number of fused-ring (bicyclic) bond motifs is 1. The van der Waals surface area contributed by atoms with E-state index in [1.807, 2.05) is 36.4 Å². The van der Waals surface area contributed by atoms with Crippen molar-refractivity contribution in [1.29, 1.82) is 0 Å². The van der Waals surface area contributed by atoms with Crippen molar-refractivity contribution in [1.82, 2.24) is 0 Å². The first kappa shape index (κ1) is 20.2. The van der Waals surface area contributed by atoms with Gasteiger partial charge in [-0.3, -0.25) is 0 Å². The van der Waals surface area contributed by atoms with Crippen LogP contribution in [0.4, 0.5) is 0 Å². The van der Waals surface area contributed by atoms with Gasteiger partial charge in [-0.2, -0.15) is 0 Å². The number of aliphatic carboxylic acids is 1. The van der Waals surface area contributed by atoms with Gasteiger partial charge in [0.15, 0.2) is 0 Å². The smallest absolute Gasteiger partial charge is 0.328 e. The van der Waals surface area contributed by atoms with Gasteiger partial charge in [0.2, 0.25) is 0 Å². The Bertz CT molecular complexity index is 1010. The molecule has 3 aromatic carbocycles. The normalized spacial score (nSPS) is 11.2. The average Bonchev–Trinajstić information content (AvgIpc) is 2.71. The highest BCUT2D eigenvalue weighted by Crippen LogP contribution is 2.40. The first-order chi connectivity index (χ1) is 13.6. The molecule has 3 nitrogen and oxygen atoms in total. The second kappa shape index (κ2) is 9.56. The van der Waals surface area contributed by atoms with Gasteiger partial charge in [0.25, 0.3) is 0 Å². The molecule has 0 saturated heterocycles. The summed E-state index contributed by atoms with van der Waals surface area (Å²) in [7, 11) is 0. The molecule has 3 aromatic rings. The molecule has 0 saturated carbocycles. The number of hydrogen-bond donors (Lipinski definition) is 1. The van der Waals surface area contributed by atoms with Crippen LogP contribution in [-0.2, 0) is 4.79 Å². The van der Waals surface area contributed by atoms with E-state index in [1.54, 1.807) is 6.08 Å². The van der Waals surface area contributed by atoms with E-state index >= 15 is 0 Å². The van der Waals surface area contributed by atoms with Crippen LogP contribution in [0.1, 0.15) is 31.7 Å². The fraction of sp³-hybridized carbons (Fsp3) is 0.208. The van der Waals surface area contributed by atoms with Crippen LogP contribution in [0.25, 0.3) is 28.0 Å². The van der Waals surface area contributed by atoms with E-state index in [9.17, 15) is 4.79 Å². The quantitative estimate of drug-likeness (QED) is 0.306. The van der Waals surface area contributed by atoms with Crippen molar-refractivity contribution in [3.05, 3.63) is 70.7 Å². The number of rotatable bonds is 8. The second-order valence-corrected chi connectivity index (χ2v) is 7.43. The molecule has 28 heavy (non-hydrogen) atoms. The lowest BCUT2D eigenvalue weighted by atomic mass is 9.98. The topological polar surface area (TPSA) is 46.5 Å². The van der Waals surface area contributed by atoms with Crippen LogP contribution in [0.2, 0.25) is 0 Å². The summed E-state index contributed by atoms with van der Waals surface area (Å²) in [6, 6.07) is 18.1. The molecule has 0 fully saturated rings. The molecule has 4 heteroatoms. The molecule has 3 rings (SSSR count). The highest BCUT2D eigenvalue weighted by molar-refractivity contribution is 9.10. The Balaban J connectivity index is 2.04. The van der Waals surface area contributed by atoms with Crippen molar-refractivity contribution < 1.29 is 14.6 Å². The van der Waals surface area contributed by atoms with E-state index < -0.39 is 5.97 Å². The molecule has 0 atom stereocenters. The molecule has 0 aliphatic rings. The average molecular weight is 439 g/mol. The number of halogens is 1. The van der Waals surface area contributed by atoms with Crippen LogP contribution in [-0.4, -0.2) is 17.7 Å². The summed E-state index contributed by atoms with van der Waals surface area (Å²) in [6.07, 6.45) is 6.09. The Morgan fingerprint density at radius 3 is 2.61 bits per heavy atom. The van der Waals surface area contributed by atoms with E-state index in [2.05, 4.69) is 41.1 Å². The van der Waals surface area contributed by atoms with Gasteiger partial charge >= 0.3 is 5.97 Å². The van der Waals surface area contributed by atoms with Crippen LogP contribution >= 0.6 is 15.9 Å². The SMILES string of the molecule is CCCCCOc1cc(-c2cccc(C=CC(=O)O)c2)c(Br)c2ccccc12. The van der Waals surface area contributed by atoms with Gasteiger partial charge < -0.3 is 9.84 Å². The molecule has 0 aliphatic heterocycles. The number of benzene rings is 3. The minimum atomic E-state index is -0.958. The number of hydrogen-bond acceptors (Lipinski definition) is 2. The maximum absolute atomic E-state index is 10.8. The highest BCUT2D eigenvalue weighted by atomic mass is 79.9. The zero-order chi connectivity index (χ0) is 19.9. The lowest BCUT2D eigenvalue weighted by Gasteiger charge is -2.15. The van der Waals surface area contributed by atoms with Crippen LogP contribution in [0.15, 0.2) is 65.1 Å². The third-order valence-electron chi connectivity index (χ3n) is 4.56. The number of carboxylic acid groups (broad SMARTS) is 1. The van der Waals surface area contributed by atoms with Crippen molar-refractivity contribution in [2.45, 2.75) is 26.2 Å². The van der Waals surface area contributed by atoms with Gasteiger partial charge in [0.05, 0.1) is 6.61 Å². The Kier molecular flexibility index (Phi) is 6.88. The van der Waals surface area contributed by atoms with E-state index in [4.69, 9.17) is 9.84 Å². The maximum Gasteiger partial charge on any atom is 0.328 e. The van der Waals surface area contributed by atoms with Crippen LogP contribution in [0.3, 0.4) is 0 Å². The summed E-state index contributed by atoms with van der Waals surface area (Å²) in [5, 5.41) is 11.0. The van der Waals surface area contributed by atoms with Crippen molar-refractivity contribution in [2.75, 3.05) is 6.61 Å². The van der Waals surface area contributed by atoms with E-state index in [0.29, 0.717) is 6.61 Å². The van der Waals surface area contributed by atoms with E-state index in [0.717, 1.165) is 63.0 Å². The largest absolute Gasteiger partial charge is 0.493 e. The summed E-state index contributed by atoms with van der Waals surface area (Å²) >= 11 is 3.76. The van der Waals surface area contributed by atoms with Crippen LogP contribution < -0.4 is 4.74 Å². The molecule has 1 N–H and O–H groups in total. The molecule has 144 valence electrons. The molecule has 0 radical (unpaired) electrons. The van der Waals surface area contributed by atoms with Gasteiger partial charge in [-0.1, -0.05) is 62.2 Å². The number of unbranched alkanes of at least 4 members (excludes halogenated alkanes) is 2. The highest BCUT2D eigenvalue weighted by Gasteiger charge is 2.13. The summed E-state index contributed by atoms with van der Waals surface area (Å²) in [4.78, 5) is 10.8. The van der Waals surface area contributed by atoms with Crippen molar-refractivity contribution in [3.8, 4) is 16.9 Å². The van der Waals surface area contributed by atoms with Crippen molar-refractivity contribution >= 4 is 38.7 Å². The molecule has 0 amide bonds. The first-order valence-electron chi connectivity index (χ1n) is 9.45. The summed E-state index contributed by atoms with van der Waals surface area (Å²) in [5.41, 5.74) is 2.86. The fourth-order valence-electron chi connectivity index (χ4n) is 3.15. The molecule has 0 heterocycles. The zero-order valence-electron chi connectivity index (χ0n) is 15.8. The Labute approximate surface area is 173 Å². The summed E-state index contributed by atoms with van der Waals surface area (Å²) in [5.74, 6) is -0.0866. The van der Waals surface area contributed by atoms with Crippen molar-refractivity contribution in [2.24, 2.45) is 0 Å². The maximum atomic E-state index is 10.8. The molecule has 0 aliphatic carbocycles. The summed E-state index contributed by atoms with van der Waals surface area (Å²) < 4.78 is 7.14. The van der Waals surface area contributed by atoms with Gasteiger partial charge in [0.1, 0.15) is 5.75 Å². The van der Waals surface area contributed by atoms with E-state index in [-0.39, 0.29) is 0 Å².